The van der Waals surface area contributed by atoms with Gasteiger partial charge in [-0.25, -0.2) is 0 Å². The van der Waals surface area contributed by atoms with Gasteiger partial charge in [0.05, 0.1) is 11.1 Å². The number of fused-ring (bicyclic) bond motifs is 9. The first-order valence-corrected chi connectivity index (χ1v) is 27.1. The summed E-state index contributed by atoms with van der Waals surface area (Å²) in [7, 11) is -1.84. The Morgan fingerprint density at radius 2 is 0.868 bits per heavy atom. The third-order valence-corrected chi connectivity index (χ3v) is 19.3. The Morgan fingerprint density at radius 3 is 1.66 bits per heavy atom. The highest BCUT2D eigenvalue weighted by Crippen LogP contribution is 2.60. The minimum Gasteiger partial charge on any atom is -0.310 e. The maximum absolute atomic E-state index is 2.54. The van der Waals surface area contributed by atoms with Crippen molar-refractivity contribution in [1.29, 1.82) is 0 Å². The van der Waals surface area contributed by atoms with Crippen LogP contribution in [0.3, 0.4) is 0 Å². The van der Waals surface area contributed by atoms with Gasteiger partial charge in [0.15, 0.2) is 0 Å². The zero-order valence-electron chi connectivity index (χ0n) is 39.0. The molecule has 3 aliphatic rings. The summed E-state index contributed by atoms with van der Waals surface area (Å²) in [5.74, 6) is 0. The summed E-state index contributed by atoms with van der Waals surface area (Å²) >= 11 is 0. The lowest BCUT2D eigenvalue weighted by Crippen LogP contribution is -2.49. The molecule has 0 N–H and O–H groups in total. The van der Waals surface area contributed by atoms with Gasteiger partial charge in [-0.05, 0) is 130 Å². The van der Waals surface area contributed by atoms with Crippen LogP contribution in [0.25, 0.3) is 55.6 Å². The van der Waals surface area contributed by atoms with E-state index < -0.39 is 13.5 Å². The molecule has 0 saturated heterocycles. The van der Waals surface area contributed by atoms with Gasteiger partial charge in [0, 0.05) is 22.4 Å². The van der Waals surface area contributed by atoms with Gasteiger partial charge in [-0.15, -0.1) is 0 Å². The van der Waals surface area contributed by atoms with Gasteiger partial charge in [0.1, 0.15) is 8.07 Å². The monoisotopic (exact) mass is 885 g/mol. The smallest absolute Gasteiger partial charge is 0.113 e. The van der Waals surface area contributed by atoms with Crippen molar-refractivity contribution in [2.24, 2.45) is 0 Å². The van der Waals surface area contributed by atoms with Crippen molar-refractivity contribution >= 4 is 35.5 Å². The Labute approximate surface area is 401 Å². The van der Waals surface area contributed by atoms with Crippen LogP contribution in [0, 0.1) is 0 Å². The molecule has 0 bridgehead atoms. The summed E-state index contributed by atoms with van der Waals surface area (Å²) in [6.45, 7) is 9.77. The molecule has 0 aromatic heterocycles. The van der Waals surface area contributed by atoms with E-state index in [1.165, 1.54) is 99.4 Å². The summed E-state index contributed by atoms with van der Waals surface area (Å²) in [5.41, 5.74) is 23.4. The third kappa shape index (κ3) is 5.80. The molecule has 0 radical (unpaired) electrons. The van der Waals surface area contributed by atoms with Gasteiger partial charge < -0.3 is 4.90 Å². The maximum atomic E-state index is 2.54. The number of rotatable bonds is 7. The molecule has 1 heterocycles. The molecule has 0 amide bonds. The molecule has 0 saturated carbocycles. The average molecular weight is 886 g/mol. The van der Waals surface area contributed by atoms with Gasteiger partial charge in [0.25, 0.3) is 0 Å². The SMILES string of the molecule is CC1(C)c2ccccc2-c2ccc(N(c3ccc(-c4ccc5c(c4)[Si](C)(C)c4ccccc4-5)cc3)c3cccc4c3-c3ccccc3C4(c3ccccc3)c3cccc(-c4ccccc4)c3)cc21. The normalized spacial score (nSPS) is 16.2. The molecule has 10 aromatic carbocycles. The maximum Gasteiger partial charge on any atom is 0.113 e. The van der Waals surface area contributed by atoms with E-state index in [1.807, 2.05) is 0 Å². The lowest BCUT2D eigenvalue weighted by Gasteiger charge is -2.35. The third-order valence-electron chi connectivity index (χ3n) is 15.8. The number of anilines is 3. The van der Waals surface area contributed by atoms with Crippen molar-refractivity contribution < 1.29 is 0 Å². The van der Waals surface area contributed by atoms with Gasteiger partial charge >= 0.3 is 0 Å². The molecule has 2 heteroatoms. The van der Waals surface area contributed by atoms with Gasteiger partial charge in [-0.2, -0.15) is 0 Å². The topological polar surface area (TPSA) is 3.24 Å². The highest BCUT2D eigenvalue weighted by molar-refractivity contribution is 7.03. The van der Waals surface area contributed by atoms with Crippen molar-refractivity contribution in [3.8, 4) is 55.6 Å². The van der Waals surface area contributed by atoms with Crippen molar-refractivity contribution in [3.63, 3.8) is 0 Å². The minimum absolute atomic E-state index is 0.154. The van der Waals surface area contributed by atoms with E-state index >= 15 is 0 Å². The van der Waals surface area contributed by atoms with Crippen molar-refractivity contribution in [2.75, 3.05) is 4.90 Å². The summed E-state index contributed by atoms with van der Waals surface area (Å²) in [4.78, 5) is 2.54. The summed E-state index contributed by atoms with van der Waals surface area (Å²) in [6, 6.07) is 89.2. The fraction of sp³-hybridized carbons (Fsp3) is 0.0909. The first-order chi connectivity index (χ1) is 33.2. The number of benzene rings is 10. The average Bonchev–Trinajstić information content (AvgIpc) is 3.92. The molecule has 0 fully saturated rings. The predicted molar refractivity (Wildman–Crippen MR) is 289 cm³/mol. The molecule has 68 heavy (non-hydrogen) atoms. The molecular weight excluding hydrogens is 835 g/mol. The van der Waals surface area contributed by atoms with E-state index in [0.29, 0.717) is 0 Å². The molecule has 1 atom stereocenters. The van der Waals surface area contributed by atoms with E-state index in [0.717, 1.165) is 17.1 Å². The molecule has 1 unspecified atom stereocenters. The molecule has 10 aromatic rings. The number of nitrogens with zero attached hydrogens (tertiary/aromatic N) is 1. The van der Waals surface area contributed by atoms with Gasteiger partial charge in [-0.3, -0.25) is 0 Å². The lowest BCUT2D eigenvalue weighted by atomic mass is 9.67. The van der Waals surface area contributed by atoms with Crippen LogP contribution in [0.1, 0.15) is 47.2 Å². The zero-order valence-corrected chi connectivity index (χ0v) is 40.0. The van der Waals surface area contributed by atoms with Crippen LogP contribution >= 0.6 is 0 Å². The van der Waals surface area contributed by atoms with E-state index in [2.05, 4.69) is 268 Å². The Balaban J connectivity index is 1.03. The van der Waals surface area contributed by atoms with E-state index in [-0.39, 0.29) is 5.41 Å². The first kappa shape index (κ1) is 40.5. The van der Waals surface area contributed by atoms with Crippen molar-refractivity contribution in [2.45, 2.75) is 37.8 Å². The molecular formula is C66H51NSi. The van der Waals surface area contributed by atoms with E-state index in [4.69, 9.17) is 0 Å². The van der Waals surface area contributed by atoms with Gasteiger partial charge in [0.2, 0.25) is 0 Å². The second kappa shape index (κ2) is 15.1. The highest BCUT2D eigenvalue weighted by atomic mass is 28.3. The van der Waals surface area contributed by atoms with Crippen LogP contribution in [0.4, 0.5) is 17.1 Å². The summed E-state index contributed by atoms with van der Waals surface area (Å²) in [5, 5.41) is 3.06. The molecule has 13 rings (SSSR count). The number of hydrogen-bond acceptors (Lipinski definition) is 1. The van der Waals surface area contributed by atoms with Crippen molar-refractivity contribution in [1.82, 2.24) is 0 Å². The van der Waals surface area contributed by atoms with Crippen molar-refractivity contribution in [3.05, 3.63) is 270 Å². The second-order valence-corrected chi connectivity index (χ2v) is 24.3. The fourth-order valence-electron chi connectivity index (χ4n) is 12.5. The molecule has 0 spiro atoms. The Kier molecular flexibility index (Phi) is 9.00. The van der Waals surface area contributed by atoms with Crippen LogP contribution in [0.15, 0.2) is 237 Å². The Morgan fingerprint density at radius 1 is 0.338 bits per heavy atom. The summed E-state index contributed by atoms with van der Waals surface area (Å²) < 4.78 is 0. The van der Waals surface area contributed by atoms with Crippen LogP contribution in [-0.4, -0.2) is 8.07 Å². The summed E-state index contributed by atoms with van der Waals surface area (Å²) in [6.07, 6.45) is 0. The predicted octanol–water partition coefficient (Wildman–Crippen LogP) is 16.0. The second-order valence-electron chi connectivity index (χ2n) is 20.0. The van der Waals surface area contributed by atoms with E-state index in [9.17, 15) is 0 Å². The first-order valence-electron chi connectivity index (χ1n) is 24.1. The highest BCUT2D eigenvalue weighted by Gasteiger charge is 2.48. The quantitative estimate of drug-likeness (QED) is 0.144. The molecule has 1 aliphatic heterocycles. The van der Waals surface area contributed by atoms with Crippen LogP contribution in [0.2, 0.25) is 13.1 Å². The standard InChI is InChI=1S/C66H51NSi/c1-65(2)57-28-14-11-25-52(57)53-40-38-51(43-60(53)65)67(50-36-33-45(34-37-50)47-35-39-55-54-26-13-16-32-62(54)68(3,4)63(55)42-47)61-31-18-30-59-64(61)56-27-12-15-29-58(56)66(59,48-22-9-6-10-23-48)49-24-17-21-46(41-49)44-19-7-5-8-20-44/h5-43H,1-4H3. The zero-order chi connectivity index (χ0) is 45.8. The molecule has 1 nitrogen and oxygen atoms in total. The fourth-order valence-corrected chi connectivity index (χ4v) is 15.6. The molecule has 324 valence electrons. The largest absolute Gasteiger partial charge is 0.310 e. The van der Waals surface area contributed by atoms with Crippen LogP contribution in [-0.2, 0) is 10.8 Å². The van der Waals surface area contributed by atoms with Crippen LogP contribution < -0.4 is 15.3 Å². The lowest BCUT2D eigenvalue weighted by molar-refractivity contribution is 0.660. The minimum atomic E-state index is -1.84. The number of hydrogen-bond donors (Lipinski definition) is 0. The Bertz CT molecular complexity index is 3620. The molecule has 2 aliphatic carbocycles. The van der Waals surface area contributed by atoms with Gasteiger partial charge in [-0.1, -0.05) is 227 Å². The Hall–Kier alpha value is -7.78. The van der Waals surface area contributed by atoms with E-state index in [1.54, 1.807) is 0 Å². The van der Waals surface area contributed by atoms with Crippen LogP contribution in [0.5, 0.6) is 0 Å².